The first kappa shape index (κ1) is 25.2. The molecule has 0 bridgehead atoms. The van der Waals surface area contributed by atoms with Gasteiger partial charge in [0.15, 0.2) is 12.2 Å². The molecule has 1 saturated heterocycles. The third-order valence-electron chi connectivity index (χ3n) is 5.59. The summed E-state index contributed by atoms with van der Waals surface area (Å²) in [6.45, 7) is -0.372. The molecule has 36 heavy (non-hydrogen) atoms. The Kier molecular flexibility index (Phi) is 8.17. The maximum absolute atomic E-state index is 12.7. The van der Waals surface area contributed by atoms with Crippen LogP contribution < -0.4 is 9.47 Å². The number of benzene rings is 3. The van der Waals surface area contributed by atoms with Crippen LogP contribution in [0.1, 0.15) is 20.7 Å². The van der Waals surface area contributed by atoms with E-state index in [9.17, 15) is 19.8 Å². The van der Waals surface area contributed by atoms with Gasteiger partial charge in [-0.3, -0.25) is 0 Å². The molecule has 0 saturated carbocycles. The van der Waals surface area contributed by atoms with Gasteiger partial charge in [0.2, 0.25) is 6.29 Å². The first-order chi connectivity index (χ1) is 17.5. The minimum atomic E-state index is -1.55. The van der Waals surface area contributed by atoms with Gasteiger partial charge >= 0.3 is 11.9 Å². The van der Waals surface area contributed by atoms with E-state index in [0.717, 1.165) is 0 Å². The van der Waals surface area contributed by atoms with Gasteiger partial charge in [-0.05, 0) is 48.5 Å². The lowest BCUT2D eigenvalue weighted by Crippen LogP contribution is -2.61. The molecule has 0 aromatic heterocycles. The molecule has 188 valence electrons. The highest BCUT2D eigenvalue weighted by molar-refractivity contribution is 5.89. The van der Waals surface area contributed by atoms with Crippen molar-refractivity contribution in [3.63, 3.8) is 0 Å². The van der Waals surface area contributed by atoms with E-state index < -0.39 is 42.6 Å². The molecule has 3 aromatic rings. The van der Waals surface area contributed by atoms with Gasteiger partial charge in [0, 0.05) is 0 Å². The summed E-state index contributed by atoms with van der Waals surface area (Å²) >= 11 is 0. The average Bonchev–Trinajstić information content (AvgIpc) is 2.93. The lowest BCUT2D eigenvalue weighted by Gasteiger charge is -2.41. The Bertz CT molecular complexity index is 1130. The SMILES string of the molecule is COc1ccc(O[C@@H]2O[C@H](COC(=O)c3ccccc3)[C@H](O)[C@H](OC(=O)c3ccccc3)[C@H]2O)cc1. The standard InChI is InChI=1S/C27H26O9/c1-32-19-12-14-20(15-13-19)34-27-23(29)24(36-26(31)18-10-6-3-7-11-18)22(28)21(35-27)16-33-25(30)17-8-4-2-5-9-17/h2-15,21-24,27-29H,16H2,1H3/t21-,22+,23-,24+,27-/m1/s1. The van der Waals surface area contributed by atoms with Crippen LogP contribution in [0.3, 0.4) is 0 Å². The second-order valence-corrected chi connectivity index (χ2v) is 8.02. The van der Waals surface area contributed by atoms with E-state index in [1.54, 1.807) is 84.9 Å². The Morgan fingerprint density at radius 2 is 1.33 bits per heavy atom. The smallest absolute Gasteiger partial charge is 0.338 e. The zero-order valence-corrected chi connectivity index (χ0v) is 19.4. The monoisotopic (exact) mass is 494 g/mol. The number of esters is 2. The van der Waals surface area contributed by atoms with E-state index in [2.05, 4.69) is 0 Å². The number of hydrogen-bond donors (Lipinski definition) is 2. The van der Waals surface area contributed by atoms with E-state index in [-0.39, 0.29) is 12.2 Å². The summed E-state index contributed by atoms with van der Waals surface area (Å²) in [5.74, 6) is -0.431. The summed E-state index contributed by atoms with van der Waals surface area (Å²) in [5.41, 5.74) is 0.559. The normalized spacial score (nSPS) is 23.4. The van der Waals surface area contributed by atoms with E-state index >= 15 is 0 Å². The van der Waals surface area contributed by atoms with Gasteiger partial charge in [-0.15, -0.1) is 0 Å². The molecule has 0 aliphatic carbocycles. The second kappa shape index (κ2) is 11.7. The number of aliphatic hydroxyl groups is 2. The molecule has 4 rings (SSSR count). The van der Waals surface area contributed by atoms with Gasteiger partial charge in [0.1, 0.15) is 30.3 Å². The highest BCUT2D eigenvalue weighted by Gasteiger charge is 2.48. The van der Waals surface area contributed by atoms with Crippen LogP contribution in [0.2, 0.25) is 0 Å². The van der Waals surface area contributed by atoms with Gasteiger partial charge in [0.25, 0.3) is 0 Å². The molecule has 2 N–H and O–H groups in total. The molecule has 5 atom stereocenters. The number of methoxy groups -OCH3 is 1. The minimum Gasteiger partial charge on any atom is -0.497 e. The van der Waals surface area contributed by atoms with Crippen LogP contribution in [-0.2, 0) is 14.2 Å². The Morgan fingerprint density at radius 3 is 1.92 bits per heavy atom. The topological polar surface area (TPSA) is 121 Å². The maximum atomic E-state index is 12.7. The summed E-state index contributed by atoms with van der Waals surface area (Å²) in [6, 6.07) is 23.0. The van der Waals surface area contributed by atoms with E-state index in [4.69, 9.17) is 23.7 Å². The predicted octanol–water partition coefficient (Wildman–Crippen LogP) is 2.60. The van der Waals surface area contributed by atoms with Crippen LogP contribution in [0.5, 0.6) is 11.5 Å². The zero-order valence-electron chi connectivity index (χ0n) is 19.4. The lowest BCUT2D eigenvalue weighted by atomic mass is 9.98. The first-order valence-corrected chi connectivity index (χ1v) is 11.3. The lowest BCUT2D eigenvalue weighted by molar-refractivity contribution is -0.276. The largest absolute Gasteiger partial charge is 0.497 e. The second-order valence-electron chi connectivity index (χ2n) is 8.02. The molecule has 1 fully saturated rings. The van der Waals surface area contributed by atoms with Crippen molar-refractivity contribution in [1.29, 1.82) is 0 Å². The Hall–Kier alpha value is -3.92. The third-order valence-corrected chi connectivity index (χ3v) is 5.59. The Balaban J connectivity index is 1.51. The minimum absolute atomic E-state index is 0.239. The molecule has 9 nitrogen and oxygen atoms in total. The quantitative estimate of drug-likeness (QED) is 0.455. The van der Waals surface area contributed by atoms with Crippen molar-refractivity contribution in [2.45, 2.75) is 30.7 Å². The van der Waals surface area contributed by atoms with E-state index in [0.29, 0.717) is 17.1 Å². The molecule has 0 unspecified atom stereocenters. The number of hydrogen-bond acceptors (Lipinski definition) is 9. The summed E-state index contributed by atoms with van der Waals surface area (Å²) in [6.07, 6.45) is -6.97. The van der Waals surface area contributed by atoms with Crippen molar-refractivity contribution < 1.29 is 43.5 Å². The van der Waals surface area contributed by atoms with Crippen LogP contribution in [0.4, 0.5) is 0 Å². The fourth-order valence-electron chi connectivity index (χ4n) is 3.65. The fraction of sp³-hybridized carbons (Fsp3) is 0.259. The first-order valence-electron chi connectivity index (χ1n) is 11.3. The highest BCUT2D eigenvalue weighted by Crippen LogP contribution is 2.28. The fourth-order valence-corrected chi connectivity index (χ4v) is 3.65. The summed E-state index contributed by atoms with van der Waals surface area (Å²) in [7, 11) is 1.53. The number of rotatable bonds is 8. The average molecular weight is 494 g/mol. The van der Waals surface area contributed by atoms with Crippen molar-refractivity contribution in [3.05, 3.63) is 96.1 Å². The van der Waals surface area contributed by atoms with Gasteiger partial charge < -0.3 is 33.9 Å². The molecular weight excluding hydrogens is 468 g/mol. The highest BCUT2D eigenvalue weighted by atomic mass is 16.7. The molecule has 1 aliphatic heterocycles. The Labute approximate surface area is 207 Å². The van der Waals surface area contributed by atoms with Crippen LogP contribution in [-0.4, -0.2) is 66.6 Å². The summed E-state index contributed by atoms with van der Waals surface area (Å²) < 4.78 is 27.5. The van der Waals surface area contributed by atoms with Gasteiger partial charge in [0.05, 0.1) is 18.2 Å². The number of carbonyl (C=O) groups excluding carboxylic acids is 2. The molecule has 1 heterocycles. The molecule has 0 spiro atoms. The molecule has 9 heteroatoms. The van der Waals surface area contributed by atoms with E-state index in [1.807, 2.05) is 0 Å². The van der Waals surface area contributed by atoms with Crippen LogP contribution in [0.25, 0.3) is 0 Å². The molecule has 1 aliphatic rings. The van der Waals surface area contributed by atoms with E-state index in [1.165, 1.54) is 7.11 Å². The van der Waals surface area contributed by atoms with Gasteiger partial charge in [-0.1, -0.05) is 36.4 Å². The Morgan fingerprint density at radius 1 is 0.778 bits per heavy atom. The summed E-state index contributed by atoms with van der Waals surface area (Å²) in [4.78, 5) is 25.1. The van der Waals surface area contributed by atoms with Gasteiger partial charge in [-0.2, -0.15) is 0 Å². The van der Waals surface area contributed by atoms with Crippen LogP contribution >= 0.6 is 0 Å². The van der Waals surface area contributed by atoms with Crippen molar-refractivity contribution in [3.8, 4) is 11.5 Å². The maximum Gasteiger partial charge on any atom is 0.338 e. The number of aliphatic hydroxyl groups excluding tert-OH is 2. The summed E-state index contributed by atoms with van der Waals surface area (Å²) in [5, 5.41) is 21.8. The molecular formula is C27H26O9. The third kappa shape index (κ3) is 6.01. The molecule has 0 amide bonds. The molecule has 3 aromatic carbocycles. The van der Waals surface area contributed by atoms with Crippen molar-refractivity contribution >= 4 is 11.9 Å². The zero-order chi connectivity index (χ0) is 25.5. The van der Waals surface area contributed by atoms with Crippen LogP contribution in [0, 0.1) is 0 Å². The van der Waals surface area contributed by atoms with Gasteiger partial charge in [-0.25, -0.2) is 9.59 Å². The van der Waals surface area contributed by atoms with Crippen molar-refractivity contribution in [1.82, 2.24) is 0 Å². The molecule has 0 radical (unpaired) electrons. The van der Waals surface area contributed by atoms with Crippen LogP contribution in [0.15, 0.2) is 84.9 Å². The number of ether oxygens (including phenoxy) is 5. The predicted molar refractivity (Wildman–Crippen MR) is 127 cm³/mol. The number of carbonyl (C=O) groups is 2. The van der Waals surface area contributed by atoms with Crippen molar-refractivity contribution in [2.75, 3.05) is 13.7 Å². The van der Waals surface area contributed by atoms with Crippen molar-refractivity contribution in [2.24, 2.45) is 0 Å².